The van der Waals surface area contributed by atoms with Crippen molar-refractivity contribution in [3.05, 3.63) is 51.9 Å². The summed E-state index contributed by atoms with van der Waals surface area (Å²) in [4.78, 5) is 12.6. The molecular formula is C16H22N2O. The summed E-state index contributed by atoms with van der Waals surface area (Å²) in [5.74, 6) is 0. The van der Waals surface area contributed by atoms with Gasteiger partial charge in [0.1, 0.15) is 0 Å². The highest BCUT2D eigenvalue weighted by Crippen LogP contribution is 2.13. The number of rotatable bonds is 5. The first-order valence-corrected chi connectivity index (χ1v) is 7.07. The Morgan fingerprint density at radius 2 is 1.79 bits per heavy atom. The minimum atomic E-state index is 0.138. The summed E-state index contributed by atoms with van der Waals surface area (Å²) in [6.45, 7) is 7.09. The third-order valence-corrected chi connectivity index (χ3v) is 3.60. The van der Waals surface area contributed by atoms with Crippen molar-refractivity contribution in [2.75, 3.05) is 0 Å². The fourth-order valence-electron chi connectivity index (χ4n) is 2.54. The van der Waals surface area contributed by atoms with Crippen LogP contribution < -0.4 is 5.56 Å². The summed E-state index contributed by atoms with van der Waals surface area (Å²) in [6, 6.07) is 9.87. The molecule has 3 nitrogen and oxygen atoms in total. The highest BCUT2D eigenvalue weighted by atomic mass is 16.1. The van der Waals surface area contributed by atoms with Crippen LogP contribution in [0.3, 0.4) is 0 Å². The Kier molecular flexibility index (Phi) is 4.25. The third-order valence-electron chi connectivity index (χ3n) is 3.60. The van der Waals surface area contributed by atoms with E-state index >= 15 is 0 Å². The molecule has 1 aromatic heterocycles. The predicted octanol–water partition coefficient (Wildman–Crippen LogP) is 3.31. The zero-order valence-corrected chi connectivity index (χ0v) is 12.0. The van der Waals surface area contributed by atoms with Crippen molar-refractivity contribution in [3.63, 3.8) is 0 Å². The van der Waals surface area contributed by atoms with E-state index in [4.69, 9.17) is 0 Å². The Hall–Kier alpha value is -1.77. The molecule has 2 rings (SSSR count). The van der Waals surface area contributed by atoms with E-state index in [2.05, 4.69) is 25.5 Å². The molecule has 0 saturated carbocycles. The second kappa shape index (κ2) is 5.91. The minimum Gasteiger partial charge on any atom is -0.282 e. The van der Waals surface area contributed by atoms with Gasteiger partial charge < -0.3 is 0 Å². The van der Waals surface area contributed by atoms with Gasteiger partial charge in [-0.3, -0.25) is 9.48 Å². The molecule has 0 aliphatic heterocycles. The average molecular weight is 258 g/mol. The number of aromatic nitrogens is 2. The second-order valence-corrected chi connectivity index (χ2v) is 4.84. The Balaban J connectivity index is 2.58. The van der Waals surface area contributed by atoms with Gasteiger partial charge in [-0.25, -0.2) is 4.68 Å². The maximum atomic E-state index is 12.6. The predicted molar refractivity (Wildman–Crippen MR) is 79.1 cm³/mol. The molecule has 0 spiro atoms. The van der Waals surface area contributed by atoms with Crippen LogP contribution in [0.25, 0.3) is 5.69 Å². The van der Waals surface area contributed by atoms with Gasteiger partial charge in [-0.2, -0.15) is 0 Å². The van der Waals surface area contributed by atoms with Crippen molar-refractivity contribution in [3.8, 4) is 5.69 Å². The molecule has 1 heterocycles. The molecule has 19 heavy (non-hydrogen) atoms. The fourth-order valence-corrected chi connectivity index (χ4v) is 2.54. The van der Waals surface area contributed by atoms with E-state index in [0.717, 1.165) is 42.8 Å². The lowest BCUT2D eigenvalue weighted by Gasteiger charge is -2.11. The molecule has 0 atom stereocenters. The van der Waals surface area contributed by atoms with Crippen LogP contribution in [-0.2, 0) is 13.0 Å². The second-order valence-electron chi connectivity index (χ2n) is 4.84. The molecule has 3 heteroatoms. The van der Waals surface area contributed by atoms with Crippen LogP contribution in [0, 0.1) is 6.92 Å². The molecule has 0 saturated heterocycles. The average Bonchev–Trinajstić information content (AvgIpc) is 2.68. The van der Waals surface area contributed by atoms with Gasteiger partial charge in [0.25, 0.3) is 5.56 Å². The summed E-state index contributed by atoms with van der Waals surface area (Å²) in [7, 11) is 0. The Bertz CT molecular complexity index is 593. The standard InChI is InChI=1S/C16H22N2O/c1-4-6-12-15-13(3)17(5-2)18(16(15)19)14-10-8-7-9-11-14/h7-11H,4-6,12H2,1-3H3. The highest BCUT2D eigenvalue weighted by Gasteiger charge is 2.16. The Morgan fingerprint density at radius 1 is 1.11 bits per heavy atom. The summed E-state index contributed by atoms with van der Waals surface area (Å²) in [5.41, 5.74) is 3.15. The van der Waals surface area contributed by atoms with Gasteiger partial charge in [0.05, 0.1) is 5.69 Å². The van der Waals surface area contributed by atoms with Crippen molar-refractivity contribution < 1.29 is 0 Å². The monoisotopic (exact) mass is 258 g/mol. The van der Waals surface area contributed by atoms with Gasteiger partial charge in [-0.1, -0.05) is 31.5 Å². The van der Waals surface area contributed by atoms with Crippen molar-refractivity contribution in [2.24, 2.45) is 0 Å². The van der Waals surface area contributed by atoms with Crippen LogP contribution >= 0.6 is 0 Å². The first kappa shape index (κ1) is 13.7. The van der Waals surface area contributed by atoms with Gasteiger partial charge in [0.2, 0.25) is 0 Å². The van der Waals surface area contributed by atoms with E-state index in [-0.39, 0.29) is 5.56 Å². The number of hydrogen-bond donors (Lipinski definition) is 0. The molecule has 0 bridgehead atoms. The first-order chi connectivity index (χ1) is 9.20. The molecule has 0 aliphatic rings. The lowest BCUT2D eigenvalue weighted by Crippen LogP contribution is -2.22. The smallest absolute Gasteiger partial charge is 0.274 e. The Labute approximate surface area is 114 Å². The summed E-state index contributed by atoms with van der Waals surface area (Å²) < 4.78 is 3.88. The zero-order chi connectivity index (χ0) is 13.8. The molecule has 0 fully saturated rings. The van der Waals surface area contributed by atoms with Gasteiger partial charge in [-0.05, 0) is 38.8 Å². The first-order valence-electron chi connectivity index (χ1n) is 7.07. The largest absolute Gasteiger partial charge is 0.282 e. The maximum absolute atomic E-state index is 12.6. The molecule has 0 radical (unpaired) electrons. The normalized spacial score (nSPS) is 10.9. The molecule has 0 unspecified atom stereocenters. The van der Waals surface area contributed by atoms with E-state index in [1.54, 1.807) is 4.68 Å². The quantitative estimate of drug-likeness (QED) is 0.808. The summed E-state index contributed by atoms with van der Waals surface area (Å²) >= 11 is 0. The van der Waals surface area contributed by atoms with Crippen molar-refractivity contribution in [1.82, 2.24) is 9.36 Å². The SMILES string of the molecule is CCCCc1c(C)n(CC)n(-c2ccccc2)c1=O. The number of hydrogen-bond acceptors (Lipinski definition) is 1. The molecule has 102 valence electrons. The molecule has 0 amide bonds. The molecule has 2 aromatic rings. The topological polar surface area (TPSA) is 26.9 Å². The van der Waals surface area contributed by atoms with E-state index in [0.29, 0.717) is 0 Å². The van der Waals surface area contributed by atoms with Crippen molar-refractivity contribution >= 4 is 0 Å². The van der Waals surface area contributed by atoms with E-state index in [9.17, 15) is 4.79 Å². The van der Waals surface area contributed by atoms with E-state index in [1.807, 2.05) is 30.3 Å². The van der Waals surface area contributed by atoms with Crippen LogP contribution in [0.4, 0.5) is 0 Å². The molecular weight excluding hydrogens is 236 g/mol. The number of para-hydroxylation sites is 1. The fraction of sp³-hybridized carbons (Fsp3) is 0.438. The van der Waals surface area contributed by atoms with E-state index < -0.39 is 0 Å². The lowest BCUT2D eigenvalue weighted by molar-refractivity contribution is 0.559. The lowest BCUT2D eigenvalue weighted by atomic mass is 10.1. The molecule has 0 aliphatic carbocycles. The van der Waals surface area contributed by atoms with Gasteiger partial charge >= 0.3 is 0 Å². The van der Waals surface area contributed by atoms with Gasteiger partial charge in [-0.15, -0.1) is 0 Å². The van der Waals surface area contributed by atoms with Crippen molar-refractivity contribution in [2.45, 2.75) is 46.6 Å². The third kappa shape index (κ3) is 2.50. The van der Waals surface area contributed by atoms with Crippen molar-refractivity contribution in [1.29, 1.82) is 0 Å². The number of benzene rings is 1. The van der Waals surface area contributed by atoms with Crippen LogP contribution in [0.15, 0.2) is 35.1 Å². The van der Waals surface area contributed by atoms with Gasteiger partial charge in [0.15, 0.2) is 0 Å². The number of unbranched alkanes of at least 4 members (excludes halogenated alkanes) is 1. The van der Waals surface area contributed by atoms with Crippen LogP contribution in [0.5, 0.6) is 0 Å². The molecule has 1 aromatic carbocycles. The van der Waals surface area contributed by atoms with Crippen LogP contribution in [0.2, 0.25) is 0 Å². The summed E-state index contributed by atoms with van der Waals surface area (Å²) in [6.07, 6.45) is 3.06. The van der Waals surface area contributed by atoms with Crippen LogP contribution in [-0.4, -0.2) is 9.36 Å². The molecule has 0 N–H and O–H groups in total. The minimum absolute atomic E-state index is 0.138. The van der Waals surface area contributed by atoms with E-state index in [1.165, 1.54) is 0 Å². The van der Waals surface area contributed by atoms with Gasteiger partial charge in [0, 0.05) is 17.8 Å². The number of nitrogens with zero attached hydrogens (tertiary/aromatic N) is 2. The zero-order valence-electron chi connectivity index (χ0n) is 12.0. The highest BCUT2D eigenvalue weighted by molar-refractivity contribution is 5.33. The Morgan fingerprint density at radius 3 is 2.37 bits per heavy atom. The summed E-state index contributed by atoms with van der Waals surface area (Å²) in [5, 5.41) is 0. The maximum Gasteiger partial charge on any atom is 0.274 e. The van der Waals surface area contributed by atoms with Crippen LogP contribution in [0.1, 0.15) is 37.9 Å².